The van der Waals surface area contributed by atoms with Gasteiger partial charge in [-0.2, -0.15) is 0 Å². The highest BCUT2D eigenvalue weighted by atomic mass is 16.5. The number of carbonyl (C=O) groups is 2. The van der Waals surface area contributed by atoms with Crippen LogP contribution in [0.3, 0.4) is 0 Å². The van der Waals surface area contributed by atoms with Crippen molar-refractivity contribution in [2.24, 2.45) is 11.3 Å². The number of piperidine rings is 1. The molecule has 1 heterocycles. The molecule has 2 N–H and O–H groups in total. The number of hydrogen-bond acceptors (Lipinski definition) is 4. The van der Waals surface area contributed by atoms with Crippen LogP contribution < -0.4 is 5.32 Å². The van der Waals surface area contributed by atoms with Crippen molar-refractivity contribution < 1.29 is 19.4 Å². The van der Waals surface area contributed by atoms with Crippen molar-refractivity contribution in [2.45, 2.75) is 12.8 Å². The molecular weight excluding hydrogens is 236 g/mol. The number of hydrogen-bond donors (Lipinski definition) is 2. The lowest BCUT2D eigenvalue weighted by Crippen LogP contribution is -2.45. The molecule has 2 unspecified atom stereocenters. The van der Waals surface area contributed by atoms with Crippen LogP contribution in [-0.4, -0.2) is 61.8 Å². The van der Waals surface area contributed by atoms with Crippen LogP contribution >= 0.6 is 0 Å². The molecule has 6 nitrogen and oxygen atoms in total. The van der Waals surface area contributed by atoms with Crippen molar-refractivity contribution in [3.63, 3.8) is 0 Å². The average Bonchev–Trinajstić information content (AvgIpc) is 3.04. The third-order valence-corrected chi connectivity index (χ3v) is 3.95. The number of carboxylic acids is 1. The molecule has 1 aliphatic heterocycles. The van der Waals surface area contributed by atoms with Gasteiger partial charge in [0.25, 0.3) is 0 Å². The lowest BCUT2D eigenvalue weighted by Gasteiger charge is -2.29. The first kappa shape index (κ1) is 13.3. The highest BCUT2D eigenvalue weighted by Gasteiger charge is 2.62. The van der Waals surface area contributed by atoms with Crippen molar-refractivity contribution in [2.75, 3.05) is 39.9 Å². The summed E-state index contributed by atoms with van der Waals surface area (Å²) in [7, 11) is 1.58. The minimum Gasteiger partial charge on any atom is -0.481 e. The van der Waals surface area contributed by atoms with Gasteiger partial charge in [0.2, 0.25) is 5.91 Å². The number of nitrogens with one attached hydrogen (secondary N) is 1. The lowest BCUT2D eigenvalue weighted by molar-refractivity contribution is -0.146. The van der Waals surface area contributed by atoms with Gasteiger partial charge in [0.15, 0.2) is 0 Å². The van der Waals surface area contributed by atoms with Gasteiger partial charge in [0.05, 0.1) is 18.6 Å². The highest BCUT2D eigenvalue weighted by molar-refractivity contribution is 5.80. The van der Waals surface area contributed by atoms with Crippen LogP contribution in [0.5, 0.6) is 0 Å². The van der Waals surface area contributed by atoms with Gasteiger partial charge in [0, 0.05) is 20.2 Å². The Bertz CT molecular complexity index is 347. The Hall–Kier alpha value is -1.14. The van der Waals surface area contributed by atoms with E-state index in [2.05, 4.69) is 5.32 Å². The van der Waals surface area contributed by atoms with Crippen LogP contribution in [0.2, 0.25) is 0 Å². The predicted molar refractivity (Wildman–Crippen MR) is 64.1 cm³/mol. The van der Waals surface area contributed by atoms with Crippen LogP contribution in [0.15, 0.2) is 0 Å². The maximum Gasteiger partial charge on any atom is 0.311 e. The molecule has 0 aromatic rings. The molecule has 0 aromatic heterocycles. The first-order valence-electron chi connectivity index (χ1n) is 6.30. The summed E-state index contributed by atoms with van der Waals surface area (Å²) in [5.41, 5.74) is -0.564. The molecule has 2 rings (SSSR count). The molecule has 1 amide bonds. The zero-order valence-electron chi connectivity index (χ0n) is 10.6. The smallest absolute Gasteiger partial charge is 0.311 e. The van der Waals surface area contributed by atoms with E-state index in [0.717, 1.165) is 19.4 Å². The minimum atomic E-state index is -0.711. The summed E-state index contributed by atoms with van der Waals surface area (Å²) < 4.78 is 4.85. The summed E-state index contributed by atoms with van der Waals surface area (Å²) in [6.45, 7) is 2.59. The highest BCUT2D eigenvalue weighted by Crippen LogP contribution is 2.57. The Labute approximate surface area is 106 Å². The number of likely N-dealkylation sites (tertiary alicyclic amines) is 1. The van der Waals surface area contributed by atoms with Crippen LogP contribution in [-0.2, 0) is 14.3 Å². The molecule has 2 aliphatic rings. The Morgan fingerprint density at radius 3 is 3.00 bits per heavy atom. The first-order chi connectivity index (χ1) is 8.58. The fourth-order valence-corrected chi connectivity index (χ4v) is 2.79. The van der Waals surface area contributed by atoms with Crippen LogP contribution in [0, 0.1) is 11.3 Å². The first-order valence-corrected chi connectivity index (χ1v) is 6.30. The molecule has 102 valence electrons. The fraction of sp³-hybridized carbons (Fsp3) is 0.833. The Morgan fingerprint density at radius 1 is 1.56 bits per heavy atom. The van der Waals surface area contributed by atoms with Gasteiger partial charge in [-0.1, -0.05) is 0 Å². The number of amides is 1. The molecule has 0 radical (unpaired) electrons. The number of carboxylic acid groups (broad SMARTS) is 1. The molecule has 1 aliphatic carbocycles. The lowest BCUT2D eigenvalue weighted by atomic mass is 9.97. The number of carbonyl (C=O) groups excluding carboxylic acids is 1. The molecule has 0 aromatic carbocycles. The molecular formula is C12H20N2O4. The molecule has 2 atom stereocenters. The zero-order chi connectivity index (χ0) is 13.2. The second-order valence-corrected chi connectivity index (χ2v) is 5.20. The standard InChI is InChI=1S/C12H20N2O4/c1-18-5-3-13-10(15)7-14-4-2-9-6-12(9,8-14)11(16)17/h9H,2-8H2,1H3,(H,13,15)(H,16,17). The third kappa shape index (κ3) is 2.64. The van der Waals surface area contributed by atoms with E-state index in [4.69, 9.17) is 4.74 Å². The van der Waals surface area contributed by atoms with E-state index in [0.29, 0.717) is 25.6 Å². The van der Waals surface area contributed by atoms with Crippen molar-refractivity contribution in [1.29, 1.82) is 0 Å². The molecule has 0 spiro atoms. The maximum atomic E-state index is 11.6. The normalized spacial score (nSPS) is 30.6. The van der Waals surface area contributed by atoms with E-state index in [1.807, 2.05) is 4.90 Å². The fourth-order valence-electron chi connectivity index (χ4n) is 2.79. The number of fused-ring (bicyclic) bond motifs is 1. The molecule has 1 saturated carbocycles. The summed E-state index contributed by atoms with van der Waals surface area (Å²) in [4.78, 5) is 24.8. The molecule has 18 heavy (non-hydrogen) atoms. The summed E-state index contributed by atoms with van der Waals surface area (Å²) >= 11 is 0. The van der Waals surface area contributed by atoms with Crippen molar-refractivity contribution in [1.82, 2.24) is 10.2 Å². The summed E-state index contributed by atoms with van der Waals surface area (Å²) in [6.07, 6.45) is 1.65. The van der Waals surface area contributed by atoms with Crippen molar-refractivity contribution in [3.05, 3.63) is 0 Å². The van der Waals surface area contributed by atoms with E-state index >= 15 is 0 Å². The average molecular weight is 256 g/mol. The van der Waals surface area contributed by atoms with Gasteiger partial charge >= 0.3 is 5.97 Å². The molecule has 2 fully saturated rings. The number of ether oxygens (including phenoxy) is 1. The van der Waals surface area contributed by atoms with Gasteiger partial charge in [-0.05, 0) is 25.3 Å². The summed E-state index contributed by atoms with van der Waals surface area (Å²) in [5, 5.41) is 12.0. The Balaban J connectivity index is 1.77. The zero-order valence-corrected chi connectivity index (χ0v) is 10.6. The monoisotopic (exact) mass is 256 g/mol. The van der Waals surface area contributed by atoms with Crippen molar-refractivity contribution >= 4 is 11.9 Å². The largest absolute Gasteiger partial charge is 0.481 e. The topological polar surface area (TPSA) is 78.9 Å². The van der Waals surface area contributed by atoms with Crippen molar-refractivity contribution in [3.8, 4) is 0 Å². The molecule has 1 saturated heterocycles. The maximum absolute atomic E-state index is 11.6. The number of nitrogens with zero attached hydrogens (tertiary/aromatic N) is 1. The van der Waals surface area contributed by atoms with E-state index in [-0.39, 0.29) is 12.5 Å². The van der Waals surface area contributed by atoms with Gasteiger partial charge in [-0.25, -0.2) is 0 Å². The molecule has 6 heteroatoms. The predicted octanol–water partition coefficient (Wildman–Crippen LogP) is -0.454. The van der Waals surface area contributed by atoms with Crippen LogP contribution in [0.4, 0.5) is 0 Å². The minimum absolute atomic E-state index is 0.0633. The number of aliphatic carboxylic acids is 1. The van der Waals surface area contributed by atoms with Gasteiger partial charge in [-0.15, -0.1) is 0 Å². The quantitative estimate of drug-likeness (QED) is 0.629. The van der Waals surface area contributed by atoms with Crippen LogP contribution in [0.25, 0.3) is 0 Å². The van der Waals surface area contributed by atoms with E-state index < -0.39 is 11.4 Å². The van der Waals surface area contributed by atoms with E-state index in [1.54, 1.807) is 7.11 Å². The van der Waals surface area contributed by atoms with Gasteiger partial charge in [-0.3, -0.25) is 14.5 Å². The second-order valence-electron chi connectivity index (χ2n) is 5.20. The van der Waals surface area contributed by atoms with Crippen LogP contribution in [0.1, 0.15) is 12.8 Å². The van der Waals surface area contributed by atoms with E-state index in [1.165, 1.54) is 0 Å². The van der Waals surface area contributed by atoms with Gasteiger partial charge < -0.3 is 15.2 Å². The summed E-state index contributed by atoms with van der Waals surface area (Å²) in [6, 6.07) is 0. The third-order valence-electron chi connectivity index (χ3n) is 3.95. The Morgan fingerprint density at radius 2 is 2.33 bits per heavy atom. The number of methoxy groups -OCH3 is 1. The summed E-state index contributed by atoms with van der Waals surface area (Å²) in [5.74, 6) is -0.452. The molecule has 0 bridgehead atoms. The number of rotatable bonds is 6. The van der Waals surface area contributed by atoms with Gasteiger partial charge in [0.1, 0.15) is 0 Å². The van der Waals surface area contributed by atoms with E-state index in [9.17, 15) is 14.7 Å². The second kappa shape index (κ2) is 5.24. The SMILES string of the molecule is COCCNC(=O)CN1CCC2CC2(C(=O)O)C1. The Kier molecular flexibility index (Phi) is 3.87.